The molecular formula is C29H36N2O5. The third-order valence-corrected chi connectivity index (χ3v) is 6.95. The summed E-state index contributed by atoms with van der Waals surface area (Å²) in [5.41, 5.74) is 4.32. The highest BCUT2D eigenvalue weighted by atomic mass is 16.5. The monoisotopic (exact) mass is 492 g/mol. The molecular weight excluding hydrogens is 456 g/mol. The number of fused-ring (bicyclic) bond motifs is 1. The SMILES string of the molecule is Cc1ccc2cc(CC(CCc3ccc(OCCCN4CCCCC4)cc3)C(=O)NO)c(=O)oc2c1. The van der Waals surface area contributed by atoms with Crippen LogP contribution in [0.5, 0.6) is 5.75 Å². The number of carbonyl (C=O) groups is 1. The Bertz CT molecular complexity index is 1200. The van der Waals surface area contributed by atoms with Crippen LogP contribution >= 0.6 is 0 Å². The smallest absolute Gasteiger partial charge is 0.339 e. The first-order chi connectivity index (χ1) is 17.5. The Balaban J connectivity index is 1.30. The van der Waals surface area contributed by atoms with Crippen molar-refractivity contribution >= 4 is 16.9 Å². The number of nitrogens with zero attached hydrogens (tertiary/aromatic N) is 1. The fraction of sp³-hybridized carbons (Fsp3) is 0.448. The maximum absolute atomic E-state index is 12.5. The number of nitrogens with one attached hydrogen (secondary N) is 1. The third kappa shape index (κ3) is 7.18. The van der Waals surface area contributed by atoms with E-state index in [0.717, 1.165) is 35.2 Å². The fourth-order valence-corrected chi connectivity index (χ4v) is 4.84. The van der Waals surface area contributed by atoms with Crippen molar-refractivity contribution in [3.8, 4) is 5.75 Å². The van der Waals surface area contributed by atoms with Gasteiger partial charge in [-0.05, 0) is 93.9 Å². The molecule has 1 saturated heterocycles. The second-order valence-electron chi connectivity index (χ2n) is 9.76. The second-order valence-corrected chi connectivity index (χ2v) is 9.76. The molecule has 1 aliphatic heterocycles. The normalized spacial score (nSPS) is 15.1. The standard InChI is InChI=1S/C29H36N2O5/c1-21-6-10-23-19-25(29(33)36-27(23)18-21)20-24(28(32)30-34)11-7-22-8-12-26(13-9-22)35-17-5-16-31-14-3-2-4-15-31/h6,8-10,12-13,18-19,24,34H,2-5,7,11,14-17,20H2,1H3,(H,30,32). The molecule has 192 valence electrons. The summed E-state index contributed by atoms with van der Waals surface area (Å²) in [5, 5.41) is 10.1. The van der Waals surface area contributed by atoms with Gasteiger partial charge in [-0.1, -0.05) is 30.7 Å². The van der Waals surface area contributed by atoms with Gasteiger partial charge < -0.3 is 14.1 Å². The largest absolute Gasteiger partial charge is 0.494 e. The number of piperidine rings is 1. The van der Waals surface area contributed by atoms with Crippen molar-refractivity contribution in [2.75, 3.05) is 26.2 Å². The molecule has 2 aromatic carbocycles. The van der Waals surface area contributed by atoms with E-state index in [4.69, 9.17) is 9.15 Å². The van der Waals surface area contributed by atoms with Crippen LogP contribution in [0.1, 0.15) is 48.8 Å². The van der Waals surface area contributed by atoms with Crippen molar-refractivity contribution in [3.63, 3.8) is 0 Å². The van der Waals surface area contributed by atoms with E-state index in [0.29, 0.717) is 30.6 Å². The van der Waals surface area contributed by atoms with E-state index in [1.807, 2.05) is 49.4 Å². The van der Waals surface area contributed by atoms with Gasteiger partial charge in [-0.3, -0.25) is 10.0 Å². The van der Waals surface area contributed by atoms with Gasteiger partial charge in [0.1, 0.15) is 11.3 Å². The highest BCUT2D eigenvalue weighted by molar-refractivity contribution is 5.79. The Morgan fingerprint density at radius 1 is 1.11 bits per heavy atom. The van der Waals surface area contributed by atoms with Crippen LogP contribution in [0, 0.1) is 12.8 Å². The molecule has 0 aliphatic carbocycles. The number of likely N-dealkylation sites (tertiary alicyclic amines) is 1. The van der Waals surface area contributed by atoms with Crippen LogP contribution < -0.4 is 15.8 Å². The van der Waals surface area contributed by atoms with E-state index in [9.17, 15) is 14.8 Å². The molecule has 3 aromatic rings. The third-order valence-electron chi connectivity index (χ3n) is 6.95. The first-order valence-electron chi connectivity index (χ1n) is 12.9. The Morgan fingerprint density at radius 3 is 2.64 bits per heavy atom. The van der Waals surface area contributed by atoms with Gasteiger partial charge in [-0.25, -0.2) is 10.3 Å². The van der Waals surface area contributed by atoms with E-state index in [1.165, 1.54) is 32.4 Å². The first-order valence-corrected chi connectivity index (χ1v) is 12.9. The van der Waals surface area contributed by atoms with Gasteiger partial charge in [0.2, 0.25) is 5.91 Å². The molecule has 36 heavy (non-hydrogen) atoms. The number of hydrogen-bond acceptors (Lipinski definition) is 6. The van der Waals surface area contributed by atoms with Crippen LogP contribution in [0.15, 0.2) is 57.7 Å². The molecule has 1 aromatic heterocycles. The van der Waals surface area contributed by atoms with Crippen molar-refractivity contribution < 1.29 is 19.2 Å². The lowest BCUT2D eigenvalue weighted by molar-refractivity contribution is -0.133. The van der Waals surface area contributed by atoms with Crippen molar-refractivity contribution in [1.29, 1.82) is 0 Å². The fourth-order valence-electron chi connectivity index (χ4n) is 4.84. The summed E-state index contributed by atoms with van der Waals surface area (Å²) in [6.07, 6.45) is 6.28. The van der Waals surface area contributed by atoms with Crippen LogP contribution in [-0.4, -0.2) is 42.3 Å². The minimum atomic E-state index is -0.563. The Morgan fingerprint density at radius 2 is 1.89 bits per heavy atom. The zero-order chi connectivity index (χ0) is 25.3. The van der Waals surface area contributed by atoms with Gasteiger partial charge in [0.05, 0.1) is 6.61 Å². The number of amides is 1. The first kappa shape index (κ1) is 25.9. The van der Waals surface area contributed by atoms with E-state index in [-0.39, 0.29) is 6.42 Å². The van der Waals surface area contributed by atoms with Gasteiger partial charge in [0, 0.05) is 23.4 Å². The highest BCUT2D eigenvalue weighted by Gasteiger charge is 2.21. The highest BCUT2D eigenvalue weighted by Crippen LogP contribution is 2.21. The molecule has 0 radical (unpaired) electrons. The lowest BCUT2D eigenvalue weighted by Crippen LogP contribution is -2.31. The zero-order valence-corrected chi connectivity index (χ0v) is 21.0. The molecule has 1 fully saturated rings. The summed E-state index contributed by atoms with van der Waals surface area (Å²) < 4.78 is 11.4. The second kappa shape index (κ2) is 12.7. The molecule has 7 nitrogen and oxygen atoms in total. The van der Waals surface area contributed by atoms with Gasteiger partial charge in [-0.15, -0.1) is 0 Å². The predicted octanol–water partition coefficient (Wildman–Crippen LogP) is 4.65. The maximum atomic E-state index is 12.5. The lowest BCUT2D eigenvalue weighted by atomic mass is 9.92. The molecule has 1 atom stereocenters. The number of rotatable bonds is 11. The van der Waals surface area contributed by atoms with Crippen LogP contribution in [-0.2, 0) is 17.6 Å². The summed E-state index contributed by atoms with van der Waals surface area (Å²) in [6.45, 7) is 6.12. The molecule has 0 saturated carbocycles. The Kier molecular flexibility index (Phi) is 9.14. The van der Waals surface area contributed by atoms with Crippen LogP contribution in [0.4, 0.5) is 0 Å². The average Bonchev–Trinajstić information content (AvgIpc) is 2.90. The number of hydrogen-bond donors (Lipinski definition) is 2. The number of carbonyl (C=O) groups excluding carboxylic acids is 1. The predicted molar refractivity (Wildman–Crippen MR) is 140 cm³/mol. The minimum absolute atomic E-state index is 0.191. The number of aryl methyl sites for hydroxylation is 2. The van der Waals surface area contributed by atoms with Gasteiger partial charge in [0.25, 0.3) is 0 Å². The average molecular weight is 493 g/mol. The maximum Gasteiger partial charge on any atom is 0.339 e. The number of hydroxylamine groups is 1. The van der Waals surface area contributed by atoms with Crippen LogP contribution in [0.3, 0.4) is 0 Å². The minimum Gasteiger partial charge on any atom is -0.494 e. The van der Waals surface area contributed by atoms with E-state index >= 15 is 0 Å². The summed E-state index contributed by atoms with van der Waals surface area (Å²) in [7, 11) is 0. The lowest BCUT2D eigenvalue weighted by Gasteiger charge is -2.26. The summed E-state index contributed by atoms with van der Waals surface area (Å²) in [6, 6.07) is 15.4. The summed E-state index contributed by atoms with van der Waals surface area (Å²) >= 11 is 0. The van der Waals surface area contributed by atoms with Gasteiger partial charge in [-0.2, -0.15) is 0 Å². The molecule has 7 heteroatoms. The molecule has 1 amide bonds. The van der Waals surface area contributed by atoms with E-state index < -0.39 is 17.5 Å². The van der Waals surface area contributed by atoms with Crippen molar-refractivity contribution in [2.24, 2.45) is 5.92 Å². The van der Waals surface area contributed by atoms with Crippen LogP contribution in [0.25, 0.3) is 11.0 Å². The number of ether oxygens (including phenoxy) is 1. The molecule has 2 N–H and O–H groups in total. The Labute approximate surface area is 212 Å². The van der Waals surface area contributed by atoms with Crippen molar-refractivity contribution in [2.45, 2.75) is 51.9 Å². The molecule has 1 unspecified atom stereocenters. The van der Waals surface area contributed by atoms with Crippen LogP contribution in [0.2, 0.25) is 0 Å². The Hall–Kier alpha value is -3.16. The quantitative estimate of drug-likeness (QED) is 0.175. The molecule has 0 spiro atoms. The van der Waals surface area contributed by atoms with Gasteiger partial charge >= 0.3 is 5.63 Å². The molecule has 0 bridgehead atoms. The topological polar surface area (TPSA) is 92.0 Å². The summed E-state index contributed by atoms with van der Waals surface area (Å²) in [4.78, 5) is 27.4. The zero-order valence-electron chi connectivity index (χ0n) is 21.0. The van der Waals surface area contributed by atoms with E-state index in [2.05, 4.69) is 4.90 Å². The van der Waals surface area contributed by atoms with Gasteiger partial charge in [0.15, 0.2) is 0 Å². The molecule has 4 rings (SSSR count). The molecule has 1 aliphatic rings. The summed E-state index contributed by atoms with van der Waals surface area (Å²) in [5.74, 6) is -0.232. The van der Waals surface area contributed by atoms with E-state index in [1.54, 1.807) is 11.5 Å². The van der Waals surface area contributed by atoms with Crippen molar-refractivity contribution in [3.05, 3.63) is 75.6 Å². The molecule has 2 heterocycles. The number of benzene rings is 2. The van der Waals surface area contributed by atoms with Crippen molar-refractivity contribution in [1.82, 2.24) is 10.4 Å².